The zero-order valence-corrected chi connectivity index (χ0v) is 19.5. The summed E-state index contributed by atoms with van der Waals surface area (Å²) in [6, 6.07) is 13.2. The molecule has 0 radical (unpaired) electrons. The topological polar surface area (TPSA) is 69.4 Å². The van der Waals surface area contributed by atoms with Crippen molar-refractivity contribution in [3.05, 3.63) is 65.5 Å². The Labute approximate surface area is 179 Å². The highest BCUT2D eigenvalue weighted by molar-refractivity contribution is 6.49. The first-order valence-electron chi connectivity index (χ1n) is 9.96. The molecule has 3 rings (SSSR count). The van der Waals surface area contributed by atoms with Crippen LogP contribution in [0, 0.1) is 0 Å². The van der Waals surface area contributed by atoms with Gasteiger partial charge in [0.2, 0.25) is 14.9 Å². The molecule has 0 aliphatic carbocycles. The fraction of sp³-hybridized carbons (Fsp3) is 0.304. The molecule has 3 aromatic rings. The van der Waals surface area contributed by atoms with Gasteiger partial charge in [-0.25, -0.2) is 4.98 Å². The van der Waals surface area contributed by atoms with Gasteiger partial charge in [0.1, 0.15) is 17.2 Å². The molecular formula is C23H29N3O3Si. The molecule has 0 spiro atoms. The molecule has 0 saturated heterocycles. The smallest absolute Gasteiger partial charge is 0.229 e. The first-order valence-corrected chi connectivity index (χ1v) is 12.7. The summed E-state index contributed by atoms with van der Waals surface area (Å²) in [6.07, 6.45) is 3.60. The van der Waals surface area contributed by atoms with E-state index in [0.29, 0.717) is 17.3 Å². The second-order valence-electron chi connectivity index (χ2n) is 8.37. The van der Waals surface area contributed by atoms with Gasteiger partial charge in [0.05, 0.1) is 7.11 Å². The third-order valence-corrected chi connectivity index (χ3v) is 5.23. The van der Waals surface area contributed by atoms with Crippen LogP contribution < -0.4 is 4.74 Å². The van der Waals surface area contributed by atoms with Gasteiger partial charge in [-0.15, -0.1) is 0 Å². The molecule has 0 fully saturated rings. The lowest BCUT2D eigenvalue weighted by Crippen LogP contribution is -2.12. The van der Waals surface area contributed by atoms with E-state index in [9.17, 15) is 5.11 Å². The lowest BCUT2D eigenvalue weighted by molar-refractivity contribution is 0.397. The molecule has 0 unspecified atom stereocenters. The molecule has 30 heavy (non-hydrogen) atoms. The third kappa shape index (κ3) is 4.91. The number of nitrogens with zero attached hydrogens (tertiary/aromatic N) is 3. The summed E-state index contributed by atoms with van der Waals surface area (Å²) in [4.78, 5) is 4.26. The molecule has 0 bridgehead atoms. The van der Waals surface area contributed by atoms with Gasteiger partial charge in [-0.05, 0) is 53.9 Å². The monoisotopic (exact) mass is 423 g/mol. The van der Waals surface area contributed by atoms with E-state index in [1.54, 1.807) is 25.4 Å². The third-order valence-electron chi connectivity index (χ3n) is 4.50. The van der Waals surface area contributed by atoms with E-state index in [1.165, 1.54) is 4.68 Å². The molecule has 0 amide bonds. The Hall–Kier alpha value is -3.06. The van der Waals surface area contributed by atoms with Gasteiger partial charge in [0, 0.05) is 12.3 Å². The molecule has 1 aromatic carbocycles. The maximum absolute atomic E-state index is 10.4. The van der Waals surface area contributed by atoms with Crippen molar-refractivity contribution in [2.75, 3.05) is 7.11 Å². The first kappa shape index (κ1) is 21.6. The van der Waals surface area contributed by atoms with Crippen LogP contribution in [0.5, 0.6) is 11.6 Å². The van der Waals surface area contributed by atoms with Crippen molar-refractivity contribution in [1.29, 1.82) is 0 Å². The summed E-state index contributed by atoms with van der Waals surface area (Å²) in [5, 5.41) is 14.9. The normalized spacial score (nSPS) is 12.3. The van der Waals surface area contributed by atoms with Crippen molar-refractivity contribution in [1.82, 2.24) is 14.8 Å². The Morgan fingerprint density at radius 2 is 1.90 bits per heavy atom. The molecular weight excluding hydrogens is 394 g/mol. The standard InChI is InChI=1S/C23H29N3O3Si/c1-23(2,3)17-11-10-16(13-19(17)28-4)14-20(29-30(5)6)18-15-22(27)26(25-18)21-9-7-8-12-24-21/h7-15,27,30H,1-6H3. The minimum absolute atomic E-state index is 0.00397. The molecule has 6 nitrogen and oxygen atoms in total. The van der Waals surface area contributed by atoms with Crippen LogP contribution in [0.2, 0.25) is 13.1 Å². The van der Waals surface area contributed by atoms with Crippen molar-refractivity contribution in [3.8, 4) is 17.4 Å². The number of hydrogen-bond acceptors (Lipinski definition) is 5. The summed E-state index contributed by atoms with van der Waals surface area (Å²) in [5.74, 6) is 1.99. The van der Waals surface area contributed by atoms with Crippen LogP contribution in [0.25, 0.3) is 17.7 Å². The van der Waals surface area contributed by atoms with Crippen LogP contribution in [-0.2, 0) is 9.84 Å². The number of aromatic hydroxyl groups is 1. The number of pyridine rings is 1. The summed E-state index contributed by atoms with van der Waals surface area (Å²) < 4.78 is 13.2. The fourth-order valence-corrected chi connectivity index (χ4v) is 3.83. The highest BCUT2D eigenvalue weighted by Gasteiger charge is 2.20. The molecule has 0 saturated carbocycles. The van der Waals surface area contributed by atoms with E-state index in [0.717, 1.165) is 16.9 Å². The van der Waals surface area contributed by atoms with Crippen LogP contribution >= 0.6 is 0 Å². The van der Waals surface area contributed by atoms with Gasteiger partial charge in [0.25, 0.3) is 0 Å². The van der Waals surface area contributed by atoms with Gasteiger partial charge in [-0.2, -0.15) is 9.78 Å². The molecule has 7 heteroatoms. The van der Waals surface area contributed by atoms with E-state index in [1.807, 2.05) is 30.3 Å². The fourth-order valence-electron chi connectivity index (χ4n) is 3.13. The van der Waals surface area contributed by atoms with Crippen LogP contribution in [-0.4, -0.2) is 36.0 Å². The van der Waals surface area contributed by atoms with E-state index < -0.39 is 9.04 Å². The first-order chi connectivity index (χ1) is 14.2. The van der Waals surface area contributed by atoms with Gasteiger partial charge in [-0.1, -0.05) is 39.0 Å². The Bertz CT molecular complexity index is 1040. The summed E-state index contributed by atoms with van der Waals surface area (Å²) >= 11 is 0. The maximum Gasteiger partial charge on any atom is 0.229 e. The molecule has 2 aromatic heterocycles. The van der Waals surface area contributed by atoms with E-state index in [-0.39, 0.29) is 11.3 Å². The second kappa shape index (κ2) is 8.75. The van der Waals surface area contributed by atoms with Gasteiger partial charge >= 0.3 is 0 Å². The molecule has 0 atom stereocenters. The Kier molecular flexibility index (Phi) is 6.31. The van der Waals surface area contributed by atoms with Crippen LogP contribution in [0.4, 0.5) is 0 Å². The van der Waals surface area contributed by atoms with E-state index in [2.05, 4.69) is 50.0 Å². The lowest BCUT2D eigenvalue weighted by atomic mass is 9.85. The van der Waals surface area contributed by atoms with Crippen molar-refractivity contribution >= 4 is 20.9 Å². The predicted molar refractivity (Wildman–Crippen MR) is 123 cm³/mol. The molecule has 0 aliphatic rings. The second-order valence-corrected chi connectivity index (χ2v) is 10.7. The number of rotatable bonds is 6. The molecule has 158 valence electrons. The zero-order valence-electron chi connectivity index (χ0n) is 18.4. The average Bonchev–Trinajstić information content (AvgIpc) is 3.08. The maximum atomic E-state index is 10.4. The molecule has 1 N–H and O–H groups in total. The Morgan fingerprint density at radius 3 is 2.50 bits per heavy atom. The predicted octanol–water partition coefficient (Wildman–Crippen LogP) is 4.78. The van der Waals surface area contributed by atoms with E-state index >= 15 is 0 Å². The quantitative estimate of drug-likeness (QED) is 0.456. The van der Waals surface area contributed by atoms with Crippen molar-refractivity contribution in [3.63, 3.8) is 0 Å². The van der Waals surface area contributed by atoms with Crippen molar-refractivity contribution < 1.29 is 14.3 Å². The lowest BCUT2D eigenvalue weighted by Gasteiger charge is -2.22. The van der Waals surface area contributed by atoms with Crippen LogP contribution in [0.15, 0.2) is 48.7 Å². The highest BCUT2D eigenvalue weighted by atomic mass is 28.3. The minimum atomic E-state index is -1.42. The summed E-state index contributed by atoms with van der Waals surface area (Å²) in [7, 11) is 0.261. The number of aromatic nitrogens is 3. The SMILES string of the molecule is COc1cc(C=C(O[SiH](C)C)c2cc(O)n(-c3ccccn3)n2)ccc1C(C)(C)C. The van der Waals surface area contributed by atoms with Crippen molar-refractivity contribution in [2.24, 2.45) is 0 Å². The highest BCUT2D eigenvalue weighted by Crippen LogP contribution is 2.33. The minimum Gasteiger partial charge on any atom is -0.545 e. The zero-order chi connectivity index (χ0) is 21.9. The van der Waals surface area contributed by atoms with Crippen LogP contribution in [0.3, 0.4) is 0 Å². The molecule has 2 heterocycles. The van der Waals surface area contributed by atoms with Crippen LogP contribution in [0.1, 0.15) is 37.6 Å². The Morgan fingerprint density at radius 1 is 1.13 bits per heavy atom. The number of ether oxygens (including phenoxy) is 1. The van der Waals surface area contributed by atoms with Gasteiger partial charge < -0.3 is 14.3 Å². The summed E-state index contributed by atoms with van der Waals surface area (Å²) in [5.41, 5.74) is 2.61. The number of hydrogen-bond donors (Lipinski definition) is 1. The van der Waals surface area contributed by atoms with Gasteiger partial charge in [0.15, 0.2) is 5.82 Å². The van der Waals surface area contributed by atoms with E-state index in [4.69, 9.17) is 9.16 Å². The summed E-state index contributed by atoms with van der Waals surface area (Å²) in [6.45, 7) is 10.7. The van der Waals surface area contributed by atoms with Gasteiger partial charge in [-0.3, -0.25) is 0 Å². The average molecular weight is 424 g/mol. The largest absolute Gasteiger partial charge is 0.545 e. The van der Waals surface area contributed by atoms with Crippen molar-refractivity contribution in [2.45, 2.75) is 39.3 Å². The number of benzene rings is 1. The Balaban J connectivity index is 2.05. The molecule has 0 aliphatic heterocycles. The number of methoxy groups -OCH3 is 1.